The molecule has 3 amide bonds. The van der Waals surface area contributed by atoms with E-state index in [2.05, 4.69) is 5.32 Å². The topological polar surface area (TPSA) is 58.6 Å². The van der Waals surface area contributed by atoms with Crippen molar-refractivity contribution in [3.05, 3.63) is 11.6 Å². The molecule has 0 saturated heterocycles. The molecule has 1 aliphatic heterocycles. The van der Waals surface area contributed by atoms with Crippen LogP contribution in [0.25, 0.3) is 0 Å². The summed E-state index contributed by atoms with van der Waals surface area (Å²) in [5.74, 6) is -0.117. The van der Waals surface area contributed by atoms with Gasteiger partial charge in [0.1, 0.15) is 0 Å². The maximum absolute atomic E-state index is 11.6. The maximum atomic E-state index is 11.6. The predicted molar refractivity (Wildman–Crippen MR) is 65.0 cm³/mol. The summed E-state index contributed by atoms with van der Waals surface area (Å²) in [5.41, 5.74) is 1.18. The smallest absolute Gasteiger partial charge is 0.324 e. The molecule has 0 bridgehead atoms. The van der Waals surface area contributed by atoms with Crippen LogP contribution in [0.2, 0.25) is 0 Å². The van der Waals surface area contributed by atoms with Gasteiger partial charge in [0.15, 0.2) is 0 Å². The van der Waals surface area contributed by atoms with Crippen LogP contribution in [0.15, 0.2) is 11.6 Å². The molecule has 0 fully saturated rings. The second-order valence-electron chi connectivity index (χ2n) is 3.78. The highest BCUT2D eigenvalue weighted by Crippen LogP contribution is 2.10. The molecule has 0 aromatic carbocycles. The van der Waals surface area contributed by atoms with Gasteiger partial charge < -0.3 is 9.64 Å². The first kappa shape index (κ1) is 14.0. The first-order valence-corrected chi connectivity index (χ1v) is 6.02. The Bertz CT molecular complexity index is 318. The van der Waals surface area contributed by atoms with Gasteiger partial charge in [-0.15, -0.1) is 11.6 Å². The van der Waals surface area contributed by atoms with Gasteiger partial charge in [-0.3, -0.25) is 10.1 Å². The third-order valence-corrected chi connectivity index (χ3v) is 2.68. The van der Waals surface area contributed by atoms with Crippen molar-refractivity contribution in [2.45, 2.75) is 12.8 Å². The molecule has 1 N–H and O–H groups in total. The van der Waals surface area contributed by atoms with E-state index in [1.165, 1.54) is 5.57 Å². The Kier molecular flexibility index (Phi) is 6.00. The van der Waals surface area contributed by atoms with Gasteiger partial charge in [-0.1, -0.05) is 6.08 Å². The molecule has 5 nitrogen and oxygen atoms in total. The molecule has 17 heavy (non-hydrogen) atoms. The summed E-state index contributed by atoms with van der Waals surface area (Å²) in [6, 6.07) is -0.354. The fraction of sp³-hybridized carbons (Fsp3) is 0.636. The number of imide groups is 1. The summed E-state index contributed by atoms with van der Waals surface area (Å²) in [6.45, 7) is 1.72. The molecule has 1 rings (SSSR count). The standard InChI is InChI=1S/C11H17ClN2O3/c1-17-8-9-3-6-14(7-4-9)11(16)13-10(15)2-5-12/h3H,2,4-8H2,1H3,(H,13,15,16). The normalized spacial score (nSPS) is 15.4. The van der Waals surface area contributed by atoms with Crippen LogP contribution >= 0.6 is 11.6 Å². The second-order valence-corrected chi connectivity index (χ2v) is 4.16. The van der Waals surface area contributed by atoms with Crippen LogP contribution in [-0.2, 0) is 9.53 Å². The van der Waals surface area contributed by atoms with Crippen LogP contribution in [0.4, 0.5) is 4.79 Å². The molecule has 0 aliphatic carbocycles. The number of urea groups is 1. The number of rotatable bonds is 4. The lowest BCUT2D eigenvalue weighted by atomic mass is 10.1. The number of amides is 3. The van der Waals surface area contributed by atoms with Crippen LogP contribution in [0.3, 0.4) is 0 Å². The molecule has 0 aromatic rings. The van der Waals surface area contributed by atoms with Crippen molar-refractivity contribution in [3.8, 4) is 0 Å². The lowest BCUT2D eigenvalue weighted by Crippen LogP contribution is -2.44. The van der Waals surface area contributed by atoms with Crippen molar-refractivity contribution in [1.29, 1.82) is 0 Å². The number of carbonyl (C=O) groups is 2. The molecular formula is C11H17ClN2O3. The van der Waals surface area contributed by atoms with E-state index in [1.54, 1.807) is 12.0 Å². The number of alkyl halides is 1. The third-order valence-electron chi connectivity index (χ3n) is 2.49. The Hall–Kier alpha value is -1.07. The molecule has 96 valence electrons. The molecule has 0 radical (unpaired) electrons. The molecule has 1 aliphatic rings. The summed E-state index contributed by atoms with van der Waals surface area (Å²) < 4.78 is 5.02. The summed E-state index contributed by atoms with van der Waals surface area (Å²) in [5, 5.41) is 2.30. The van der Waals surface area contributed by atoms with E-state index in [9.17, 15) is 9.59 Å². The van der Waals surface area contributed by atoms with Crippen LogP contribution < -0.4 is 5.32 Å². The van der Waals surface area contributed by atoms with Crippen molar-refractivity contribution in [1.82, 2.24) is 10.2 Å². The number of hydrogen-bond acceptors (Lipinski definition) is 3. The molecule has 6 heteroatoms. The number of halogens is 1. The summed E-state index contributed by atoms with van der Waals surface area (Å²) in [7, 11) is 1.64. The minimum Gasteiger partial charge on any atom is -0.380 e. The maximum Gasteiger partial charge on any atom is 0.324 e. The first-order chi connectivity index (χ1) is 8.17. The lowest BCUT2D eigenvalue weighted by molar-refractivity contribution is -0.119. The Morgan fingerprint density at radius 1 is 1.59 bits per heavy atom. The highest BCUT2D eigenvalue weighted by Gasteiger charge is 2.18. The number of nitrogens with zero attached hydrogens (tertiary/aromatic N) is 1. The number of carbonyl (C=O) groups excluding carboxylic acids is 2. The number of ether oxygens (including phenoxy) is 1. The Morgan fingerprint density at radius 3 is 2.88 bits per heavy atom. The van der Waals surface area contributed by atoms with Crippen molar-refractivity contribution < 1.29 is 14.3 Å². The summed E-state index contributed by atoms with van der Waals surface area (Å²) in [4.78, 5) is 24.4. The highest BCUT2D eigenvalue weighted by molar-refractivity contribution is 6.19. The van der Waals surface area contributed by atoms with E-state index in [-0.39, 0.29) is 24.2 Å². The molecule has 0 saturated carbocycles. The van der Waals surface area contributed by atoms with Crippen molar-refractivity contribution in [2.75, 3.05) is 32.7 Å². The van der Waals surface area contributed by atoms with Crippen LogP contribution in [0, 0.1) is 0 Å². The summed E-state index contributed by atoms with van der Waals surface area (Å²) in [6.07, 6.45) is 2.90. The summed E-state index contributed by atoms with van der Waals surface area (Å²) >= 11 is 5.41. The fourth-order valence-electron chi connectivity index (χ4n) is 1.56. The van der Waals surface area contributed by atoms with Gasteiger partial charge in [-0.05, 0) is 12.0 Å². The number of methoxy groups -OCH3 is 1. The van der Waals surface area contributed by atoms with Crippen molar-refractivity contribution >= 4 is 23.5 Å². The molecule has 0 aromatic heterocycles. The molecule has 0 atom stereocenters. The van der Waals surface area contributed by atoms with Crippen LogP contribution in [0.1, 0.15) is 12.8 Å². The van der Waals surface area contributed by atoms with Gasteiger partial charge in [0.2, 0.25) is 5.91 Å². The molecule has 0 spiro atoms. The van der Waals surface area contributed by atoms with Gasteiger partial charge in [-0.2, -0.15) is 0 Å². The van der Waals surface area contributed by atoms with E-state index in [1.807, 2.05) is 6.08 Å². The third kappa shape index (κ3) is 4.75. The van der Waals surface area contributed by atoms with Crippen molar-refractivity contribution in [2.24, 2.45) is 0 Å². The first-order valence-electron chi connectivity index (χ1n) is 5.49. The van der Waals surface area contributed by atoms with Gasteiger partial charge in [0, 0.05) is 32.5 Å². The van der Waals surface area contributed by atoms with Crippen molar-refractivity contribution in [3.63, 3.8) is 0 Å². The number of nitrogens with one attached hydrogen (secondary N) is 1. The zero-order valence-electron chi connectivity index (χ0n) is 9.87. The minimum atomic E-state index is -0.354. The van der Waals surface area contributed by atoms with E-state index in [0.29, 0.717) is 19.7 Å². The highest BCUT2D eigenvalue weighted by atomic mass is 35.5. The zero-order chi connectivity index (χ0) is 12.7. The van der Waals surface area contributed by atoms with E-state index in [4.69, 9.17) is 16.3 Å². The number of hydrogen-bond donors (Lipinski definition) is 1. The molecule has 1 heterocycles. The Balaban J connectivity index is 2.38. The lowest BCUT2D eigenvalue weighted by Gasteiger charge is -2.26. The largest absolute Gasteiger partial charge is 0.380 e. The average molecular weight is 261 g/mol. The SMILES string of the molecule is COCC1=CCN(C(=O)NC(=O)CCCl)CC1. The fourth-order valence-corrected chi connectivity index (χ4v) is 1.73. The second kappa shape index (κ2) is 7.29. The minimum absolute atomic E-state index is 0.159. The Morgan fingerprint density at radius 2 is 2.35 bits per heavy atom. The van der Waals surface area contributed by atoms with Gasteiger partial charge in [0.05, 0.1) is 6.61 Å². The predicted octanol–water partition coefficient (Wildman–Crippen LogP) is 1.13. The van der Waals surface area contributed by atoms with Crippen LogP contribution in [-0.4, -0.2) is 49.5 Å². The molecular weight excluding hydrogens is 244 g/mol. The van der Waals surface area contributed by atoms with E-state index < -0.39 is 0 Å². The van der Waals surface area contributed by atoms with Crippen LogP contribution in [0.5, 0.6) is 0 Å². The van der Waals surface area contributed by atoms with Gasteiger partial charge in [0.25, 0.3) is 0 Å². The Labute approximate surface area is 106 Å². The van der Waals surface area contributed by atoms with E-state index >= 15 is 0 Å². The molecule has 0 unspecified atom stereocenters. The zero-order valence-corrected chi connectivity index (χ0v) is 10.6. The van der Waals surface area contributed by atoms with Gasteiger partial charge in [-0.25, -0.2) is 4.79 Å². The van der Waals surface area contributed by atoms with E-state index in [0.717, 1.165) is 6.42 Å². The quantitative estimate of drug-likeness (QED) is 0.609. The average Bonchev–Trinajstić information content (AvgIpc) is 2.30. The monoisotopic (exact) mass is 260 g/mol. The van der Waals surface area contributed by atoms with Gasteiger partial charge >= 0.3 is 6.03 Å².